The highest BCUT2D eigenvalue weighted by molar-refractivity contribution is 6.35. The Morgan fingerprint density at radius 3 is 2.52 bits per heavy atom. The van der Waals surface area contributed by atoms with E-state index in [9.17, 15) is 9.59 Å². The van der Waals surface area contributed by atoms with Crippen molar-refractivity contribution in [2.45, 2.75) is 19.9 Å². The van der Waals surface area contributed by atoms with Crippen molar-refractivity contribution in [2.75, 3.05) is 18.7 Å². The molecule has 1 aliphatic heterocycles. The van der Waals surface area contributed by atoms with Crippen molar-refractivity contribution >= 4 is 40.6 Å². The minimum atomic E-state index is -0.298. The molecular formula is C19H18Cl2N2O4. The normalized spacial score (nSPS) is 13.3. The standard InChI is InChI=1S/C19H18Cl2N2O4/c1-10(13-4-3-12(20)5-15(13)21)22-8-19(25)23-16-7-18-17(26-9-27-18)6-14(16)11(2)24/h3-7,10,22H,8-9H2,1-2H3,(H,23,25)/t10-/m0/s1. The van der Waals surface area contributed by atoms with Gasteiger partial charge in [-0.05, 0) is 37.6 Å². The summed E-state index contributed by atoms with van der Waals surface area (Å²) in [7, 11) is 0. The topological polar surface area (TPSA) is 76.7 Å². The van der Waals surface area contributed by atoms with Gasteiger partial charge in [-0.25, -0.2) is 0 Å². The third-order valence-electron chi connectivity index (χ3n) is 4.16. The van der Waals surface area contributed by atoms with Crippen molar-refractivity contribution < 1.29 is 19.1 Å². The first-order valence-electron chi connectivity index (χ1n) is 8.28. The summed E-state index contributed by atoms with van der Waals surface area (Å²) in [6, 6.07) is 8.21. The molecule has 1 aliphatic rings. The largest absolute Gasteiger partial charge is 0.454 e. The molecule has 2 aromatic rings. The Labute approximate surface area is 166 Å². The number of hydrogen-bond donors (Lipinski definition) is 2. The minimum Gasteiger partial charge on any atom is -0.454 e. The smallest absolute Gasteiger partial charge is 0.238 e. The second-order valence-corrected chi connectivity index (χ2v) is 6.97. The van der Waals surface area contributed by atoms with Crippen LogP contribution in [0.2, 0.25) is 10.0 Å². The lowest BCUT2D eigenvalue weighted by Gasteiger charge is -2.16. The van der Waals surface area contributed by atoms with Gasteiger partial charge in [0.05, 0.1) is 12.2 Å². The van der Waals surface area contributed by atoms with Crippen molar-refractivity contribution in [3.8, 4) is 11.5 Å². The Morgan fingerprint density at radius 2 is 1.85 bits per heavy atom. The van der Waals surface area contributed by atoms with Crippen LogP contribution in [0.25, 0.3) is 0 Å². The molecule has 0 aromatic heterocycles. The maximum atomic E-state index is 12.4. The number of benzene rings is 2. The summed E-state index contributed by atoms with van der Waals surface area (Å²) in [5.41, 5.74) is 1.58. The number of rotatable bonds is 6. The van der Waals surface area contributed by atoms with E-state index in [-0.39, 0.29) is 31.1 Å². The van der Waals surface area contributed by atoms with Crippen LogP contribution in [-0.2, 0) is 4.79 Å². The van der Waals surface area contributed by atoms with E-state index >= 15 is 0 Å². The minimum absolute atomic E-state index is 0.0336. The van der Waals surface area contributed by atoms with Gasteiger partial charge in [0.1, 0.15) is 0 Å². The van der Waals surface area contributed by atoms with Gasteiger partial charge in [0.25, 0.3) is 0 Å². The summed E-state index contributed by atoms with van der Waals surface area (Å²) in [6.45, 7) is 3.44. The molecule has 27 heavy (non-hydrogen) atoms. The van der Waals surface area contributed by atoms with Crippen LogP contribution in [0.5, 0.6) is 11.5 Å². The molecule has 0 saturated heterocycles. The number of carbonyl (C=O) groups is 2. The summed E-state index contributed by atoms with van der Waals surface area (Å²) in [5.74, 6) is 0.498. The summed E-state index contributed by atoms with van der Waals surface area (Å²) >= 11 is 12.1. The van der Waals surface area contributed by atoms with Crippen molar-refractivity contribution in [3.63, 3.8) is 0 Å². The van der Waals surface area contributed by atoms with Crippen LogP contribution in [-0.4, -0.2) is 25.0 Å². The van der Waals surface area contributed by atoms with Gasteiger partial charge in [-0.15, -0.1) is 0 Å². The van der Waals surface area contributed by atoms with E-state index in [1.165, 1.54) is 6.92 Å². The van der Waals surface area contributed by atoms with E-state index in [4.69, 9.17) is 32.7 Å². The molecule has 0 saturated carbocycles. The van der Waals surface area contributed by atoms with Gasteiger partial charge in [0, 0.05) is 27.7 Å². The molecule has 0 spiro atoms. The van der Waals surface area contributed by atoms with E-state index in [0.29, 0.717) is 32.8 Å². The number of ether oxygens (including phenoxy) is 2. The first-order valence-corrected chi connectivity index (χ1v) is 9.03. The van der Waals surface area contributed by atoms with Crippen LogP contribution >= 0.6 is 23.2 Å². The summed E-state index contributed by atoms with van der Waals surface area (Å²) in [4.78, 5) is 24.2. The van der Waals surface area contributed by atoms with E-state index in [1.54, 1.807) is 24.3 Å². The van der Waals surface area contributed by atoms with E-state index < -0.39 is 0 Å². The number of Topliss-reactive ketones (excluding diaryl/α,β-unsaturated/α-hetero) is 1. The highest BCUT2D eigenvalue weighted by atomic mass is 35.5. The van der Waals surface area contributed by atoms with E-state index in [1.807, 2.05) is 13.0 Å². The van der Waals surface area contributed by atoms with Crippen molar-refractivity contribution in [3.05, 3.63) is 51.5 Å². The van der Waals surface area contributed by atoms with Crippen molar-refractivity contribution in [1.82, 2.24) is 5.32 Å². The molecule has 0 radical (unpaired) electrons. The predicted octanol–water partition coefficient (Wildman–Crippen LogP) is 4.21. The van der Waals surface area contributed by atoms with Crippen LogP contribution in [0.3, 0.4) is 0 Å². The van der Waals surface area contributed by atoms with Crippen LogP contribution < -0.4 is 20.1 Å². The molecule has 0 bridgehead atoms. The molecule has 2 N–H and O–H groups in total. The summed E-state index contributed by atoms with van der Waals surface area (Å²) in [6.07, 6.45) is 0. The number of ketones is 1. The fourth-order valence-electron chi connectivity index (χ4n) is 2.74. The SMILES string of the molecule is CC(=O)c1cc2c(cc1NC(=O)CN[C@@H](C)c1ccc(Cl)cc1Cl)OCO2. The quantitative estimate of drug-likeness (QED) is 0.699. The third-order valence-corrected chi connectivity index (χ3v) is 4.73. The van der Waals surface area contributed by atoms with Crippen LogP contribution in [0.15, 0.2) is 30.3 Å². The van der Waals surface area contributed by atoms with Gasteiger partial charge in [0.15, 0.2) is 17.3 Å². The second-order valence-electron chi connectivity index (χ2n) is 6.12. The molecule has 3 rings (SSSR count). The lowest BCUT2D eigenvalue weighted by molar-refractivity contribution is -0.115. The molecule has 6 nitrogen and oxygen atoms in total. The predicted molar refractivity (Wildman–Crippen MR) is 104 cm³/mol. The molecule has 1 amide bonds. The first kappa shape index (κ1) is 19.5. The Kier molecular flexibility index (Phi) is 5.89. The fourth-order valence-corrected chi connectivity index (χ4v) is 3.31. The highest BCUT2D eigenvalue weighted by Crippen LogP contribution is 2.37. The fraction of sp³-hybridized carbons (Fsp3) is 0.263. The van der Waals surface area contributed by atoms with Gasteiger partial charge in [0.2, 0.25) is 12.7 Å². The van der Waals surface area contributed by atoms with Crippen LogP contribution in [0, 0.1) is 0 Å². The van der Waals surface area contributed by atoms with E-state index in [2.05, 4.69) is 10.6 Å². The lowest BCUT2D eigenvalue weighted by atomic mass is 10.1. The third kappa shape index (κ3) is 4.53. The first-order chi connectivity index (χ1) is 12.8. The van der Waals surface area contributed by atoms with Crippen molar-refractivity contribution in [1.29, 1.82) is 0 Å². The Hall–Kier alpha value is -2.28. The lowest BCUT2D eigenvalue weighted by Crippen LogP contribution is -2.30. The zero-order valence-electron chi connectivity index (χ0n) is 14.8. The van der Waals surface area contributed by atoms with E-state index in [0.717, 1.165) is 5.56 Å². The maximum absolute atomic E-state index is 12.4. The van der Waals surface area contributed by atoms with Gasteiger partial charge >= 0.3 is 0 Å². The van der Waals surface area contributed by atoms with Gasteiger partial charge in [-0.1, -0.05) is 29.3 Å². The number of carbonyl (C=O) groups excluding carboxylic acids is 2. The monoisotopic (exact) mass is 408 g/mol. The molecular weight excluding hydrogens is 391 g/mol. The number of halogens is 2. The molecule has 0 unspecified atom stereocenters. The Bertz CT molecular complexity index is 902. The zero-order chi connectivity index (χ0) is 19.6. The summed E-state index contributed by atoms with van der Waals surface area (Å²) < 4.78 is 10.6. The zero-order valence-corrected chi connectivity index (χ0v) is 16.3. The molecule has 8 heteroatoms. The number of nitrogens with one attached hydrogen (secondary N) is 2. The molecule has 0 fully saturated rings. The number of amides is 1. The molecule has 142 valence electrons. The number of hydrogen-bond acceptors (Lipinski definition) is 5. The van der Waals surface area contributed by atoms with Gasteiger partial charge in [-0.2, -0.15) is 0 Å². The number of anilines is 1. The van der Waals surface area contributed by atoms with Crippen LogP contribution in [0.1, 0.15) is 35.8 Å². The van der Waals surface area contributed by atoms with Gasteiger partial charge in [-0.3, -0.25) is 9.59 Å². The average Bonchev–Trinajstić information content (AvgIpc) is 3.06. The maximum Gasteiger partial charge on any atom is 0.238 e. The van der Waals surface area contributed by atoms with Gasteiger partial charge < -0.3 is 20.1 Å². The Balaban J connectivity index is 1.66. The molecule has 0 aliphatic carbocycles. The Morgan fingerprint density at radius 1 is 1.15 bits per heavy atom. The number of fused-ring (bicyclic) bond motifs is 1. The molecule has 1 heterocycles. The second kappa shape index (κ2) is 8.17. The molecule has 1 atom stereocenters. The highest BCUT2D eigenvalue weighted by Gasteiger charge is 2.20. The molecule has 2 aromatic carbocycles. The average molecular weight is 409 g/mol. The van der Waals surface area contributed by atoms with Crippen molar-refractivity contribution in [2.24, 2.45) is 0 Å². The van der Waals surface area contributed by atoms with Crippen LogP contribution in [0.4, 0.5) is 5.69 Å². The summed E-state index contributed by atoms with van der Waals surface area (Å²) in [5, 5.41) is 6.91.